The average molecular weight is 223 g/mol. The summed E-state index contributed by atoms with van der Waals surface area (Å²) in [6, 6.07) is 2.01. The molecule has 0 spiro atoms. The molecule has 0 bridgehead atoms. The Morgan fingerprint density at radius 3 is 3.07 bits per heavy atom. The molecule has 15 heavy (non-hydrogen) atoms. The van der Waals surface area contributed by atoms with Crippen LogP contribution >= 0.6 is 11.3 Å². The van der Waals surface area contributed by atoms with Crippen molar-refractivity contribution in [2.45, 2.75) is 26.2 Å². The van der Waals surface area contributed by atoms with Gasteiger partial charge in [0.1, 0.15) is 0 Å². The van der Waals surface area contributed by atoms with E-state index in [4.69, 9.17) is 0 Å². The third-order valence-corrected chi connectivity index (χ3v) is 3.95. The summed E-state index contributed by atoms with van der Waals surface area (Å²) in [6.45, 7) is 4.60. The number of anilines is 1. The highest BCUT2D eigenvalue weighted by Crippen LogP contribution is 2.26. The van der Waals surface area contributed by atoms with E-state index in [2.05, 4.69) is 17.2 Å². The summed E-state index contributed by atoms with van der Waals surface area (Å²) in [4.78, 5) is 13.9. The van der Waals surface area contributed by atoms with Crippen LogP contribution in [-0.4, -0.2) is 19.4 Å². The Kier molecular flexibility index (Phi) is 3.41. The smallest absolute Gasteiger partial charge is 0.160 e. The summed E-state index contributed by atoms with van der Waals surface area (Å²) in [5, 5.41) is 2.10. The number of rotatable bonds is 2. The van der Waals surface area contributed by atoms with Gasteiger partial charge in [-0.2, -0.15) is 0 Å². The van der Waals surface area contributed by atoms with Crippen LogP contribution in [0.15, 0.2) is 11.4 Å². The lowest BCUT2D eigenvalue weighted by Crippen LogP contribution is -2.23. The summed E-state index contributed by atoms with van der Waals surface area (Å²) < 4.78 is 0. The van der Waals surface area contributed by atoms with Crippen molar-refractivity contribution in [2.75, 3.05) is 18.0 Å². The van der Waals surface area contributed by atoms with Crippen LogP contribution in [0.5, 0.6) is 0 Å². The topological polar surface area (TPSA) is 20.3 Å². The molecule has 3 heteroatoms. The van der Waals surface area contributed by atoms with Crippen LogP contribution < -0.4 is 4.90 Å². The third-order valence-electron chi connectivity index (χ3n) is 3.10. The fourth-order valence-electron chi connectivity index (χ4n) is 2.09. The second-order valence-electron chi connectivity index (χ2n) is 4.35. The van der Waals surface area contributed by atoms with Crippen LogP contribution in [0.3, 0.4) is 0 Å². The predicted molar refractivity (Wildman–Crippen MR) is 64.9 cm³/mol. The molecule has 0 amide bonds. The van der Waals surface area contributed by atoms with Crippen molar-refractivity contribution in [1.29, 1.82) is 0 Å². The van der Waals surface area contributed by atoms with Crippen LogP contribution in [0.4, 0.5) is 5.69 Å². The molecule has 1 aliphatic heterocycles. The molecular formula is C12H17NOS. The van der Waals surface area contributed by atoms with Crippen LogP contribution in [0, 0.1) is 5.92 Å². The molecule has 1 aliphatic rings. The van der Waals surface area contributed by atoms with Crippen molar-refractivity contribution < 1.29 is 4.79 Å². The maximum absolute atomic E-state index is 10.6. The largest absolute Gasteiger partial charge is 0.371 e. The summed E-state index contributed by atoms with van der Waals surface area (Å²) in [6.07, 6.45) is 4.81. The average Bonchev–Trinajstić information content (AvgIpc) is 2.62. The van der Waals surface area contributed by atoms with Crippen LogP contribution in [0.1, 0.15) is 35.9 Å². The maximum Gasteiger partial charge on any atom is 0.160 e. The van der Waals surface area contributed by atoms with Gasteiger partial charge in [0.2, 0.25) is 0 Å². The molecule has 0 radical (unpaired) electrons. The van der Waals surface area contributed by atoms with Crippen molar-refractivity contribution in [3.05, 3.63) is 16.3 Å². The minimum Gasteiger partial charge on any atom is -0.371 e. The lowest BCUT2D eigenvalue weighted by atomic mass is 10.0. The van der Waals surface area contributed by atoms with E-state index in [-0.39, 0.29) is 0 Å². The van der Waals surface area contributed by atoms with E-state index in [0.29, 0.717) is 0 Å². The second-order valence-corrected chi connectivity index (χ2v) is 5.29. The molecule has 0 N–H and O–H groups in total. The van der Waals surface area contributed by atoms with E-state index in [1.165, 1.54) is 24.9 Å². The molecule has 1 fully saturated rings. The number of carbonyl (C=O) groups excluding carboxylic acids is 1. The fraction of sp³-hybridized carbons (Fsp3) is 0.583. The molecule has 82 valence electrons. The van der Waals surface area contributed by atoms with E-state index in [1.54, 1.807) is 11.3 Å². The predicted octanol–water partition coefficient (Wildman–Crippen LogP) is 3.19. The minimum atomic E-state index is 0.835. The molecule has 0 saturated carbocycles. The number of hydrogen-bond donors (Lipinski definition) is 0. The van der Waals surface area contributed by atoms with Crippen LogP contribution in [0.25, 0.3) is 0 Å². The summed E-state index contributed by atoms with van der Waals surface area (Å²) in [7, 11) is 0. The Morgan fingerprint density at radius 1 is 1.47 bits per heavy atom. The number of carbonyl (C=O) groups is 1. The summed E-state index contributed by atoms with van der Waals surface area (Å²) >= 11 is 1.54. The highest BCUT2D eigenvalue weighted by molar-refractivity contribution is 7.12. The molecule has 2 rings (SSSR count). The van der Waals surface area contributed by atoms with Gasteiger partial charge in [-0.15, -0.1) is 11.3 Å². The van der Waals surface area contributed by atoms with Gasteiger partial charge in [-0.05, 0) is 31.2 Å². The highest BCUT2D eigenvalue weighted by atomic mass is 32.1. The van der Waals surface area contributed by atoms with Crippen molar-refractivity contribution in [2.24, 2.45) is 5.92 Å². The summed E-state index contributed by atoms with van der Waals surface area (Å²) in [5.74, 6) is 0.846. The number of hydrogen-bond acceptors (Lipinski definition) is 3. The molecule has 0 aromatic carbocycles. The zero-order chi connectivity index (χ0) is 10.7. The number of aldehydes is 1. The van der Waals surface area contributed by atoms with Gasteiger partial charge in [0, 0.05) is 24.2 Å². The van der Waals surface area contributed by atoms with E-state index in [1.807, 2.05) is 6.07 Å². The Bertz CT molecular complexity index is 334. The van der Waals surface area contributed by atoms with Gasteiger partial charge in [-0.1, -0.05) is 6.92 Å². The van der Waals surface area contributed by atoms with Crippen molar-refractivity contribution >= 4 is 23.3 Å². The van der Waals surface area contributed by atoms with Crippen LogP contribution in [-0.2, 0) is 0 Å². The first kappa shape index (κ1) is 10.7. The molecule has 1 unspecified atom stereocenters. The lowest BCUT2D eigenvalue weighted by molar-refractivity contribution is 0.112. The van der Waals surface area contributed by atoms with E-state index < -0.39 is 0 Å². The monoisotopic (exact) mass is 223 g/mol. The van der Waals surface area contributed by atoms with Gasteiger partial charge in [0.25, 0.3) is 0 Å². The first-order valence-electron chi connectivity index (χ1n) is 5.58. The molecule has 1 aromatic heterocycles. The van der Waals surface area contributed by atoms with E-state index in [0.717, 1.165) is 30.2 Å². The number of nitrogens with zero attached hydrogens (tertiary/aromatic N) is 1. The van der Waals surface area contributed by atoms with Gasteiger partial charge in [-0.3, -0.25) is 4.79 Å². The molecule has 0 aliphatic carbocycles. The minimum absolute atomic E-state index is 0.835. The lowest BCUT2D eigenvalue weighted by Gasteiger charge is -2.20. The second kappa shape index (κ2) is 4.79. The Labute approximate surface area is 94.9 Å². The van der Waals surface area contributed by atoms with Crippen molar-refractivity contribution in [3.63, 3.8) is 0 Å². The fourth-order valence-corrected chi connectivity index (χ4v) is 2.81. The molecular weight excluding hydrogens is 206 g/mol. The first-order valence-corrected chi connectivity index (χ1v) is 6.46. The Balaban J connectivity index is 2.06. The van der Waals surface area contributed by atoms with Crippen LogP contribution in [0.2, 0.25) is 0 Å². The first-order chi connectivity index (χ1) is 7.29. The summed E-state index contributed by atoms with van der Waals surface area (Å²) in [5.41, 5.74) is 1.23. The zero-order valence-electron chi connectivity index (χ0n) is 9.11. The highest BCUT2D eigenvalue weighted by Gasteiger charge is 2.14. The normalized spacial score (nSPS) is 22.5. The quantitative estimate of drug-likeness (QED) is 0.718. The van der Waals surface area contributed by atoms with Gasteiger partial charge in [0.05, 0.1) is 4.88 Å². The standard InChI is InChI=1S/C12H17NOS/c1-10-3-2-5-13(6-4-10)11-7-12(8-14)15-9-11/h7-10H,2-6H2,1H3. The Morgan fingerprint density at radius 2 is 2.33 bits per heavy atom. The zero-order valence-corrected chi connectivity index (χ0v) is 9.93. The molecule has 2 heterocycles. The van der Waals surface area contributed by atoms with E-state index in [9.17, 15) is 4.79 Å². The van der Waals surface area contributed by atoms with Gasteiger partial charge >= 0.3 is 0 Å². The van der Waals surface area contributed by atoms with Crippen molar-refractivity contribution in [1.82, 2.24) is 0 Å². The SMILES string of the molecule is CC1CCCN(c2csc(C=O)c2)CC1. The number of thiophene rings is 1. The van der Waals surface area contributed by atoms with E-state index >= 15 is 0 Å². The van der Waals surface area contributed by atoms with Gasteiger partial charge < -0.3 is 4.90 Å². The Hall–Kier alpha value is -0.830. The van der Waals surface area contributed by atoms with Gasteiger partial charge in [0.15, 0.2) is 6.29 Å². The molecule has 1 saturated heterocycles. The maximum atomic E-state index is 10.6. The third kappa shape index (κ3) is 2.59. The molecule has 2 nitrogen and oxygen atoms in total. The molecule has 1 atom stereocenters. The van der Waals surface area contributed by atoms with Gasteiger partial charge in [-0.25, -0.2) is 0 Å². The van der Waals surface area contributed by atoms with Crippen molar-refractivity contribution in [3.8, 4) is 0 Å². The molecule has 1 aromatic rings.